The molecule has 0 spiro atoms. The van der Waals surface area contributed by atoms with Crippen LogP contribution in [0.5, 0.6) is 0 Å². The number of rotatable bonds is 7. The number of nitriles is 1. The lowest BCUT2D eigenvalue weighted by Gasteiger charge is -2.46. The second-order valence-electron chi connectivity index (χ2n) is 13.8. The molecular weight excluding hydrogens is 774 g/mol. The number of hydrogen-bond acceptors (Lipinski definition) is 11. The van der Waals surface area contributed by atoms with Gasteiger partial charge in [-0.1, -0.05) is 23.4 Å². The van der Waals surface area contributed by atoms with Crippen LogP contribution in [0.1, 0.15) is 53.0 Å². The zero-order valence-corrected chi connectivity index (χ0v) is 32.2. The molecule has 1 saturated carbocycles. The monoisotopic (exact) mass is 806 g/mol. The molecule has 1 amide bonds. The predicted octanol–water partition coefficient (Wildman–Crippen LogP) is 4.58. The van der Waals surface area contributed by atoms with Crippen LogP contribution >= 0.6 is 22.9 Å². The summed E-state index contributed by atoms with van der Waals surface area (Å²) in [5.41, 5.74) is 1.31. The number of fused-ring (bicyclic) bond motifs is 2. The first-order valence-electron chi connectivity index (χ1n) is 17.1. The second kappa shape index (κ2) is 14.5. The lowest BCUT2D eigenvalue weighted by atomic mass is 9.85. The molecule has 0 atom stereocenters. The summed E-state index contributed by atoms with van der Waals surface area (Å²) in [7, 11) is -2.07. The summed E-state index contributed by atoms with van der Waals surface area (Å²) in [4.78, 5) is 39.9. The molecule has 7 rings (SSSR count). The standard InChI is InChI=1S/C37H33ClF2N8O5S2/c1-21-43-30-19-42-34(45(2)24-8-12-46(13-9-24)25-16-37(39,40)17-25)28(18-41)31(30)36(50)47(21)11-4-5-22-6-7-23(38)15-27(22)26-10-14-48(51)32-29(20-54-33(26)32)35(49)44-55(3,52)53/h6-7,10,14-15,19-20,24-25H,8-9,11-13,16-17H2,1-3H3,(H,44,49). The van der Waals surface area contributed by atoms with Gasteiger partial charge in [-0.05, 0) is 38.0 Å². The number of sulfonamides is 1. The maximum Gasteiger partial charge on any atom is 0.272 e. The largest absolute Gasteiger partial charge is 0.618 e. The molecule has 0 radical (unpaired) electrons. The number of pyridine rings is 2. The molecule has 18 heteroatoms. The van der Waals surface area contributed by atoms with Crippen molar-refractivity contribution in [2.75, 3.05) is 31.3 Å². The molecule has 2 aliphatic rings. The highest BCUT2D eigenvalue weighted by atomic mass is 35.5. The van der Waals surface area contributed by atoms with Gasteiger partial charge in [0.05, 0.1) is 29.9 Å². The molecule has 1 aliphatic heterocycles. The van der Waals surface area contributed by atoms with Crippen LogP contribution in [-0.2, 0) is 16.6 Å². The fourth-order valence-corrected chi connectivity index (χ4v) is 8.97. The van der Waals surface area contributed by atoms with E-state index in [4.69, 9.17) is 11.6 Å². The number of anilines is 1. The third-order valence-electron chi connectivity index (χ3n) is 10.1. The van der Waals surface area contributed by atoms with E-state index in [1.807, 2.05) is 16.7 Å². The summed E-state index contributed by atoms with van der Waals surface area (Å²) >= 11 is 7.48. The van der Waals surface area contributed by atoms with E-state index in [1.165, 1.54) is 22.3 Å². The number of nitrogens with one attached hydrogen (secondary N) is 1. The molecule has 5 heterocycles. The van der Waals surface area contributed by atoms with Gasteiger partial charge in [-0.3, -0.25) is 19.1 Å². The number of aryl methyl sites for hydroxylation is 1. The maximum atomic E-state index is 14.1. The van der Waals surface area contributed by atoms with Crippen LogP contribution in [-0.4, -0.2) is 78.2 Å². The quantitative estimate of drug-likeness (QED) is 0.140. The van der Waals surface area contributed by atoms with Gasteiger partial charge in [-0.15, -0.1) is 11.3 Å². The Hall–Kier alpha value is -5.20. The summed E-state index contributed by atoms with van der Waals surface area (Å²) in [5.74, 6) is 3.29. The minimum atomic E-state index is -3.89. The van der Waals surface area contributed by atoms with Crippen molar-refractivity contribution in [3.8, 4) is 29.0 Å². The average Bonchev–Trinajstić information content (AvgIpc) is 3.58. The van der Waals surface area contributed by atoms with E-state index < -0.39 is 27.4 Å². The summed E-state index contributed by atoms with van der Waals surface area (Å²) < 4.78 is 54.5. The number of thiophene rings is 1. The molecule has 1 N–H and O–H groups in total. The van der Waals surface area contributed by atoms with Crippen molar-refractivity contribution < 1.29 is 26.7 Å². The molecule has 1 saturated heterocycles. The number of carbonyl (C=O) groups is 1. The molecule has 5 aromatic rings. The van der Waals surface area contributed by atoms with Gasteiger partial charge >= 0.3 is 0 Å². The molecule has 0 unspecified atom stereocenters. The number of amides is 1. The average molecular weight is 807 g/mol. The van der Waals surface area contributed by atoms with Crippen LogP contribution in [0.2, 0.25) is 5.02 Å². The van der Waals surface area contributed by atoms with Crippen LogP contribution in [0.15, 0.2) is 46.8 Å². The van der Waals surface area contributed by atoms with Crippen molar-refractivity contribution in [2.24, 2.45) is 0 Å². The Bertz CT molecular complexity index is 2670. The molecule has 2 fully saturated rings. The molecular formula is C37H33ClF2N8O5S2. The Balaban J connectivity index is 1.19. The Morgan fingerprint density at radius 1 is 1.24 bits per heavy atom. The highest BCUT2D eigenvalue weighted by Crippen LogP contribution is 2.42. The lowest BCUT2D eigenvalue weighted by molar-refractivity contribution is -0.576. The zero-order chi connectivity index (χ0) is 39.4. The van der Waals surface area contributed by atoms with Crippen LogP contribution in [0.3, 0.4) is 0 Å². The minimum Gasteiger partial charge on any atom is -0.618 e. The van der Waals surface area contributed by atoms with E-state index in [2.05, 4.69) is 32.8 Å². The minimum absolute atomic E-state index is 0.0102. The number of hydrogen-bond donors (Lipinski definition) is 1. The Labute approximate surface area is 323 Å². The maximum absolute atomic E-state index is 14.1. The van der Waals surface area contributed by atoms with Crippen LogP contribution in [0.25, 0.3) is 32.2 Å². The molecule has 13 nitrogen and oxygen atoms in total. The van der Waals surface area contributed by atoms with Crippen molar-refractivity contribution in [3.63, 3.8) is 0 Å². The Morgan fingerprint density at radius 3 is 2.64 bits per heavy atom. The number of halogens is 3. The summed E-state index contributed by atoms with van der Waals surface area (Å²) in [6.07, 6.45) is 4.68. The van der Waals surface area contributed by atoms with Crippen molar-refractivity contribution in [3.05, 3.63) is 85.1 Å². The van der Waals surface area contributed by atoms with Gasteiger partial charge in [0.15, 0.2) is 6.20 Å². The third kappa shape index (κ3) is 7.45. The van der Waals surface area contributed by atoms with Crippen molar-refractivity contribution >= 4 is 65.8 Å². The van der Waals surface area contributed by atoms with Gasteiger partial charge in [0.2, 0.25) is 15.5 Å². The van der Waals surface area contributed by atoms with Crippen LogP contribution in [0.4, 0.5) is 14.6 Å². The Kier molecular flexibility index (Phi) is 10.0. The first-order chi connectivity index (χ1) is 26.0. The third-order valence-corrected chi connectivity index (χ3v) is 11.9. The number of carbonyl (C=O) groups excluding carboxylic acids is 1. The van der Waals surface area contributed by atoms with E-state index in [1.54, 1.807) is 31.2 Å². The summed E-state index contributed by atoms with van der Waals surface area (Å²) in [6.45, 7) is 2.86. The van der Waals surface area contributed by atoms with Gasteiger partial charge in [0.25, 0.3) is 17.4 Å². The van der Waals surface area contributed by atoms with Crippen LogP contribution in [0, 0.1) is 35.3 Å². The fraction of sp³-hybridized carbons (Fsp3) is 0.351. The highest BCUT2D eigenvalue weighted by molar-refractivity contribution is 7.89. The fourth-order valence-electron chi connectivity index (χ4n) is 7.28. The van der Waals surface area contributed by atoms with Crippen molar-refractivity contribution in [1.29, 1.82) is 5.26 Å². The van der Waals surface area contributed by atoms with Gasteiger partial charge in [-0.25, -0.2) is 31.9 Å². The van der Waals surface area contributed by atoms with E-state index in [-0.39, 0.29) is 59.0 Å². The highest BCUT2D eigenvalue weighted by Gasteiger charge is 2.48. The second-order valence-corrected chi connectivity index (χ2v) is 16.8. The molecule has 1 aliphatic carbocycles. The first kappa shape index (κ1) is 38.1. The lowest BCUT2D eigenvalue weighted by Crippen LogP contribution is -2.55. The van der Waals surface area contributed by atoms with Gasteiger partial charge in [-0.2, -0.15) is 9.99 Å². The first-order valence-corrected chi connectivity index (χ1v) is 20.3. The number of benzene rings is 1. The number of alkyl halides is 2. The zero-order valence-electron chi connectivity index (χ0n) is 29.8. The SMILES string of the molecule is Cc1nc2cnc(N(C)C3CCN(C4CC(F)(F)C4)CC3)c(C#N)c2c(=O)n1CC#Cc1ccc(Cl)cc1-c1cc[n+]([O-])c2c(C(=O)NS(C)(=O)=O)csc12. The topological polar surface area (TPSA) is 168 Å². The molecule has 0 bridgehead atoms. The smallest absolute Gasteiger partial charge is 0.272 e. The van der Waals surface area contributed by atoms with Crippen molar-refractivity contribution in [2.45, 2.75) is 57.2 Å². The summed E-state index contributed by atoms with van der Waals surface area (Å²) in [5, 5.41) is 25.1. The molecule has 4 aromatic heterocycles. The predicted molar refractivity (Wildman–Crippen MR) is 205 cm³/mol. The molecule has 284 valence electrons. The number of aromatic nitrogens is 4. The number of nitrogens with zero attached hydrogens (tertiary/aromatic N) is 7. The summed E-state index contributed by atoms with van der Waals surface area (Å²) in [6, 6.07) is 8.57. The Morgan fingerprint density at radius 2 is 1.96 bits per heavy atom. The van der Waals surface area contributed by atoms with Gasteiger partial charge in [0.1, 0.15) is 33.5 Å². The number of piperidine rings is 1. The van der Waals surface area contributed by atoms with E-state index in [0.717, 1.165) is 17.6 Å². The van der Waals surface area contributed by atoms with Crippen LogP contribution < -0.4 is 19.9 Å². The van der Waals surface area contributed by atoms with Crippen molar-refractivity contribution in [1.82, 2.24) is 24.2 Å². The van der Waals surface area contributed by atoms with E-state index in [9.17, 15) is 37.3 Å². The molecule has 1 aromatic carbocycles. The number of likely N-dealkylation sites (tertiary alicyclic amines) is 1. The normalized spacial score (nSPS) is 16.3. The van der Waals surface area contributed by atoms with Gasteiger partial charge in [0, 0.05) is 78.2 Å². The van der Waals surface area contributed by atoms with Gasteiger partial charge < -0.3 is 10.1 Å². The van der Waals surface area contributed by atoms with E-state index >= 15 is 0 Å². The van der Waals surface area contributed by atoms with E-state index in [0.29, 0.717) is 68.7 Å². The molecule has 55 heavy (non-hydrogen) atoms.